The van der Waals surface area contributed by atoms with Crippen molar-refractivity contribution in [1.29, 1.82) is 0 Å². The van der Waals surface area contributed by atoms with Crippen molar-refractivity contribution < 1.29 is 38.9 Å². The standard InChI is InChI=1S/C18H20FN3O4S/c1-10-22-13-9-14(21-4-2-20(3-5-21)6-7-23)12(19)8-11(13)16(24)15(18(25)26)17(22)27-10/h8-10,23H,2-7H2,1H3,(H,25,26)/p+3. The molecule has 2 atom stereocenters. The first kappa shape index (κ1) is 18.6. The van der Waals surface area contributed by atoms with Crippen LogP contribution in [0.1, 0.15) is 17.3 Å². The number of fused-ring (bicyclic) bond motifs is 3. The van der Waals surface area contributed by atoms with Crippen molar-refractivity contribution in [2.75, 3.05) is 39.3 Å². The number of ketones is 1. The van der Waals surface area contributed by atoms with E-state index in [1.807, 2.05) is 6.92 Å². The fourth-order valence-corrected chi connectivity index (χ4v) is 5.47. The summed E-state index contributed by atoms with van der Waals surface area (Å²) >= 11 is 1.38. The molecule has 0 aliphatic carbocycles. The normalized spacial score (nSPS) is 29.8. The largest absolute Gasteiger partial charge is 0.477 e. The molecule has 3 aliphatic heterocycles. The summed E-state index contributed by atoms with van der Waals surface area (Å²) in [5, 5.41) is 19.1. The first-order valence-corrected chi connectivity index (χ1v) is 10.00. The third kappa shape index (κ3) is 2.99. The minimum atomic E-state index is -1.25. The van der Waals surface area contributed by atoms with Crippen LogP contribution in [0.3, 0.4) is 0 Å². The monoisotopic (exact) mass is 396 g/mol. The fourth-order valence-electron chi connectivity index (χ4n) is 4.23. The van der Waals surface area contributed by atoms with Gasteiger partial charge in [-0.05, 0) is 24.8 Å². The topological polar surface area (TPSA) is 87.9 Å². The predicted octanol–water partition coefficient (Wildman–Crippen LogP) is -2.67. The van der Waals surface area contributed by atoms with E-state index < -0.39 is 17.6 Å². The van der Waals surface area contributed by atoms with E-state index in [-0.39, 0.29) is 23.1 Å². The van der Waals surface area contributed by atoms with Gasteiger partial charge >= 0.3 is 5.97 Å². The number of Topliss-reactive ketones (excluding diaryl/α,β-unsaturated/α-hetero) is 1. The van der Waals surface area contributed by atoms with Crippen molar-refractivity contribution in [2.24, 2.45) is 0 Å². The van der Waals surface area contributed by atoms with Gasteiger partial charge in [-0.15, -0.1) is 0 Å². The lowest BCUT2D eigenvalue weighted by Gasteiger charge is -2.39. The molecule has 2 saturated heterocycles. The lowest BCUT2D eigenvalue weighted by Crippen LogP contribution is -3.26. The maximum Gasteiger partial charge on any atom is 0.346 e. The minimum Gasteiger partial charge on any atom is -0.477 e. The molecule has 5 N–H and O–H groups in total. The van der Waals surface area contributed by atoms with Gasteiger partial charge < -0.3 is 15.1 Å². The zero-order chi connectivity index (χ0) is 19.3. The van der Waals surface area contributed by atoms with Crippen molar-refractivity contribution in [3.8, 4) is 0 Å². The number of thioether (sulfide) groups is 1. The number of hydrogen-bond acceptors (Lipinski definition) is 4. The number of carboxylic acid groups (broad SMARTS) is 1. The van der Waals surface area contributed by atoms with Gasteiger partial charge in [0.05, 0.1) is 18.2 Å². The van der Waals surface area contributed by atoms with Crippen LogP contribution in [0.4, 0.5) is 15.8 Å². The zero-order valence-electron chi connectivity index (χ0n) is 15.0. The van der Waals surface area contributed by atoms with Crippen LogP contribution in [0.25, 0.3) is 0 Å². The maximum atomic E-state index is 14.9. The molecule has 0 bridgehead atoms. The summed E-state index contributed by atoms with van der Waals surface area (Å²) in [6.45, 7) is 6.02. The molecular weight excluding hydrogens is 373 g/mol. The highest BCUT2D eigenvalue weighted by Gasteiger charge is 2.51. The summed E-state index contributed by atoms with van der Waals surface area (Å²) < 4.78 is 14.9. The minimum absolute atomic E-state index is 0.0837. The highest BCUT2D eigenvalue weighted by molar-refractivity contribution is 8.04. The number of carbonyl (C=O) groups excluding carboxylic acids is 1. The van der Waals surface area contributed by atoms with Gasteiger partial charge in [-0.2, -0.15) is 0 Å². The van der Waals surface area contributed by atoms with Crippen molar-refractivity contribution in [3.63, 3.8) is 0 Å². The van der Waals surface area contributed by atoms with Crippen molar-refractivity contribution in [3.05, 3.63) is 34.1 Å². The molecule has 1 aromatic rings. The van der Waals surface area contributed by atoms with Crippen LogP contribution in [0, 0.1) is 5.82 Å². The highest BCUT2D eigenvalue weighted by Crippen LogP contribution is 2.37. The van der Waals surface area contributed by atoms with E-state index in [1.54, 1.807) is 6.07 Å². The molecule has 0 saturated carbocycles. The molecule has 9 heteroatoms. The molecule has 27 heavy (non-hydrogen) atoms. The van der Waals surface area contributed by atoms with Gasteiger partial charge in [0.1, 0.15) is 32.7 Å². The van der Waals surface area contributed by atoms with Crippen LogP contribution >= 0.6 is 11.8 Å². The number of benzene rings is 1. The number of piperazine rings is 1. The number of carboxylic acids is 1. The van der Waals surface area contributed by atoms with Crippen LogP contribution in [-0.4, -0.2) is 66.7 Å². The number of aliphatic carboxylic acids is 1. The van der Waals surface area contributed by atoms with Gasteiger partial charge in [0.25, 0.3) is 0 Å². The fraction of sp³-hybridized carbons (Fsp3) is 0.444. The summed E-state index contributed by atoms with van der Waals surface area (Å²) in [5.74, 6) is -2.32. The van der Waals surface area contributed by atoms with Crippen LogP contribution in [0.15, 0.2) is 22.7 Å². The average Bonchev–Trinajstić information content (AvgIpc) is 2.62. The van der Waals surface area contributed by atoms with Crippen LogP contribution in [-0.2, 0) is 4.79 Å². The highest BCUT2D eigenvalue weighted by atomic mass is 32.2. The molecular formula is C18H23FN3O4S+3. The SMILES string of the molecule is CC1SC2=C(C(=O)O)C(=O)c3cc(F)c([NH+]4CC[NH+](CCO)CC4)cc3[NH+]21. The molecule has 1 aromatic carbocycles. The van der Waals surface area contributed by atoms with E-state index in [4.69, 9.17) is 5.11 Å². The molecule has 4 rings (SSSR count). The smallest absolute Gasteiger partial charge is 0.346 e. The van der Waals surface area contributed by atoms with E-state index in [0.29, 0.717) is 22.9 Å². The second kappa shape index (κ2) is 6.99. The zero-order valence-corrected chi connectivity index (χ0v) is 15.8. The van der Waals surface area contributed by atoms with Crippen molar-refractivity contribution in [1.82, 2.24) is 0 Å². The van der Waals surface area contributed by atoms with Gasteiger partial charge in [-0.25, -0.2) is 9.18 Å². The molecule has 0 spiro atoms. The Morgan fingerprint density at radius 2 is 1.96 bits per heavy atom. The lowest BCUT2D eigenvalue weighted by atomic mass is 9.96. The van der Waals surface area contributed by atoms with E-state index in [9.17, 15) is 19.1 Å². The Kier molecular flexibility index (Phi) is 4.81. The second-order valence-electron chi connectivity index (χ2n) is 7.22. The Morgan fingerprint density at radius 1 is 1.26 bits per heavy atom. The Labute approximate surface area is 160 Å². The summed E-state index contributed by atoms with van der Waals surface area (Å²) in [5.41, 5.74) is 1.14. The van der Waals surface area contributed by atoms with Crippen molar-refractivity contribution >= 4 is 34.9 Å². The Bertz CT molecular complexity index is 851. The molecule has 3 aliphatic rings. The van der Waals surface area contributed by atoms with Crippen LogP contribution in [0.5, 0.6) is 0 Å². The number of quaternary nitrogens is 3. The van der Waals surface area contributed by atoms with E-state index in [2.05, 4.69) is 0 Å². The molecule has 0 radical (unpaired) electrons. The first-order chi connectivity index (χ1) is 12.9. The summed E-state index contributed by atoms with van der Waals surface area (Å²) in [6.07, 6.45) is 0. The van der Waals surface area contributed by atoms with Crippen molar-refractivity contribution in [2.45, 2.75) is 12.3 Å². The van der Waals surface area contributed by atoms with Crippen LogP contribution < -0.4 is 14.7 Å². The number of halogens is 1. The molecule has 7 nitrogen and oxygen atoms in total. The van der Waals surface area contributed by atoms with Crippen LogP contribution in [0.2, 0.25) is 0 Å². The van der Waals surface area contributed by atoms with Gasteiger partial charge in [-0.3, -0.25) is 14.6 Å². The quantitative estimate of drug-likeness (QED) is 0.359. The van der Waals surface area contributed by atoms with Gasteiger partial charge in [-0.1, -0.05) is 0 Å². The third-order valence-electron chi connectivity index (χ3n) is 5.66. The molecule has 3 heterocycles. The molecule has 2 fully saturated rings. The summed E-state index contributed by atoms with van der Waals surface area (Å²) in [7, 11) is 0. The number of nitrogens with one attached hydrogen (secondary N) is 3. The van der Waals surface area contributed by atoms with Gasteiger partial charge in [0.15, 0.2) is 33.2 Å². The van der Waals surface area contributed by atoms with Gasteiger partial charge in [0.2, 0.25) is 5.78 Å². The molecule has 0 aromatic heterocycles. The number of hydrogen-bond donors (Lipinski definition) is 5. The number of carbonyl (C=O) groups is 2. The van der Waals surface area contributed by atoms with Gasteiger partial charge in [0, 0.05) is 0 Å². The first-order valence-electron chi connectivity index (χ1n) is 9.12. The summed E-state index contributed by atoms with van der Waals surface area (Å²) in [4.78, 5) is 27.4. The van der Waals surface area contributed by atoms with E-state index >= 15 is 0 Å². The lowest BCUT2D eigenvalue weighted by molar-refractivity contribution is -0.986. The Balaban J connectivity index is 1.68. The maximum absolute atomic E-state index is 14.9. The predicted molar refractivity (Wildman–Crippen MR) is 96.1 cm³/mol. The van der Waals surface area contributed by atoms with E-state index in [1.165, 1.54) is 22.7 Å². The number of rotatable bonds is 4. The third-order valence-corrected chi connectivity index (χ3v) is 6.91. The summed E-state index contributed by atoms with van der Waals surface area (Å²) in [6, 6.07) is 2.97. The molecule has 2 unspecified atom stereocenters. The average molecular weight is 396 g/mol. The van der Waals surface area contributed by atoms with E-state index in [0.717, 1.165) is 36.0 Å². The molecule has 0 amide bonds. The number of aliphatic hydroxyl groups excluding tert-OH is 1. The Morgan fingerprint density at radius 3 is 2.56 bits per heavy atom. The second-order valence-corrected chi connectivity index (χ2v) is 8.57. The molecule has 144 valence electrons. The Hall–Kier alpha value is -1.78. The number of aliphatic hydroxyl groups is 1.